The first-order valence-electron chi connectivity index (χ1n) is 7.30. The second-order valence-electron chi connectivity index (χ2n) is 5.44. The normalized spacial score (nSPS) is 11.8. The molecule has 0 spiro atoms. The molecule has 146 valence electrons. The third-order valence-corrected chi connectivity index (χ3v) is 3.95. The van der Waals surface area contributed by atoms with Crippen molar-refractivity contribution in [2.45, 2.75) is 12.4 Å². The van der Waals surface area contributed by atoms with Crippen molar-refractivity contribution in [1.82, 2.24) is 0 Å². The van der Waals surface area contributed by atoms with Gasteiger partial charge in [-0.15, -0.1) is 0 Å². The summed E-state index contributed by atoms with van der Waals surface area (Å²) in [6.45, 7) is 0. The van der Waals surface area contributed by atoms with Crippen molar-refractivity contribution >= 4 is 25.1 Å². The Labute approximate surface area is 152 Å². The largest absolute Gasteiger partial charge is 0.417 e. The van der Waals surface area contributed by atoms with Gasteiger partial charge >= 0.3 is 12.4 Å². The van der Waals surface area contributed by atoms with E-state index >= 15 is 0 Å². The molecule has 0 atom stereocenters. The molecule has 4 nitrogen and oxygen atoms in total. The molecule has 28 heavy (non-hydrogen) atoms. The summed E-state index contributed by atoms with van der Waals surface area (Å²) in [7, 11) is 0. The van der Waals surface area contributed by atoms with Crippen LogP contribution in [0.5, 0.6) is 0 Å². The predicted molar refractivity (Wildman–Crippen MR) is 83.4 cm³/mol. The maximum atomic E-state index is 13.0. The molecule has 0 amide bonds. The van der Waals surface area contributed by atoms with Crippen LogP contribution in [0.25, 0.3) is 11.1 Å². The number of benzene rings is 2. The molecule has 0 saturated heterocycles. The minimum Gasteiger partial charge on any atom is -0.298 e. The van der Waals surface area contributed by atoms with Gasteiger partial charge in [-0.3, -0.25) is 19.2 Å². The lowest BCUT2D eigenvalue weighted by Crippen LogP contribution is -2.14. The topological polar surface area (TPSA) is 68.3 Å². The van der Waals surface area contributed by atoms with Crippen molar-refractivity contribution in [3.05, 3.63) is 57.6 Å². The van der Waals surface area contributed by atoms with Crippen molar-refractivity contribution < 1.29 is 45.5 Å². The quantitative estimate of drug-likeness (QED) is 0.540. The van der Waals surface area contributed by atoms with Crippen LogP contribution in [0.2, 0.25) is 0 Å². The Morgan fingerprint density at radius 2 is 0.786 bits per heavy atom. The molecule has 0 aromatic heterocycles. The molecule has 0 bridgehead atoms. The van der Waals surface area contributed by atoms with Crippen LogP contribution >= 0.6 is 0 Å². The standard InChI is InChI=1S/C18H8F6O4/c19-17(20,21)15-3-1-9(11(5-25)13(15)7-27)10-2-4-16(18(22,23)24)14(8-28)12(10)6-26/h1-8H. The molecule has 0 radical (unpaired) electrons. The Bertz CT molecular complexity index is 894. The van der Waals surface area contributed by atoms with E-state index in [0.717, 1.165) is 12.1 Å². The summed E-state index contributed by atoms with van der Waals surface area (Å²) in [6.07, 6.45) is -10.6. The van der Waals surface area contributed by atoms with Crippen LogP contribution in [0, 0.1) is 0 Å². The minimum atomic E-state index is -4.98. The zero-order valence-corrected chi connectivity index (χ0v) is 13.5. The zero-order chi connectivity index (χ0) is 21.3. The van der Waals surface area contributed by atoms with Gasteiger partial charge in [-0.05, 0) is 23.3 Å². The highest BCUT2D eigenvalue weighted by Crippen LogP contribution is 2.39. The highest BCUT2D eigenvalue weighted by molar-refractivity contribution is 6.04. The minimum absolute atomic E-state index is 0.0822. The van der Waals surface area contributed by atoms with Crippen molar-refractivity contribution in [3.63, 3.8) is 0 Å². The zero-order valence-electron chi connectivity index (χ0n) is 13.5. The fourth-order valence-electron chi connectivity index (χ4n) is 2.74. The second kappa shape index (κ2) is 7.37. The van der Waals surface area contributed by atoms with Gasteiger partial charge in [-0.25, -0.2) is 0 Å². The summed E-state index contributed by atoms with van der Waals surface area (Å²) in [6, 6.07) is 2.39. The van der Waals surface area contributed by atoms with Gasteiger partial charge in [0.15, 0.2) is 25.1 Å². The summed E-state index contributed by atoms with van der Waals surface area (Å²) in [5, 5.41) is 0. The first-order valence-corrected chi connectivity index (χ1v) is 7.30. The second-order valence-corrected chi connectivity index (χ2v) is 5.44. The molecule has 2 rings (SSSR count). The van der Waals surface area contributed by atoms with Gasteiger partial charge in [-0.2, -0.15) is 26.3 Å². The van der Waals surface area contributed by atoms with Crippen molar-refractivity contribution in [2.24, 2.45) is 0 Å². The molecular formula is C18H8F6O4. The average Bonchev–Trinajstić information content (AvgIpc) is 2.63. The number of carbonyl (C=O) groups excluding carboxylic acids is 4. The van der Waals surface area contributed by atoms with Gasteiger partial charge in [0.2, 0.25) is 0 Å². The Balaban J connectivity index is 2.93. The fraction of sp³-hybridized carbons (Fsp3) is 0.111. The first-order chi connectivity index (χ1) is 13.0. The van der Waals surface area contributed by atoms with Crippen LogP contribution < -0.4 is 0 Å². The predicted octanol–water partition coefficient (Wildman–Crippen LogP) is 4.64. The molecule has 0 fully saturated rings. The molecule has 0 saturated carbocycles. The number of hydrogen-bond donors (Lipinski definition) is 0. The van der Waals surface area contributed by atoms with E-state index in [-0.39, 0.29) is 25.1 Å². The van der Waals surface area contributed by atoms with E-state index in [1.165, 1.54) is 0 Å². The molecule has 2 aromatic carbocycles. The van der Waals surface area contributed by atoms with E-state index < -0.39 is 56.9 Å². The highest BCUT2D eigenvalue weighted by atomic mass is 19.4. The van der Waals surface area contributed by atoms with Gasteiger partial charge in [-0.1, -0.05) is 12.1 Å². The first kappa shape index (κ1) is 21.0. The lowest BCUT2D eigenvalue weighted by Gasteiger charge is -2.17. The Kier molecular flexibility index (Phi) is 5.53. The number of rotatable bonds is 5. The van der Waals surface area contributed by atoms with Gasteiger partial charge in [0.25, 0.3) is 0 Å². The van der Waals surface area contributed by atoms with E-state index in [2.05, 4.69) is 0 Å². The molecule has 0 unspecified atom stereocenters. The third-order valence-electron chi connectivity index (χ3n) is 3.95. The van der Waals surface area contributed by atoms with E-state index in [4.69, 9.17) is 0 Å². The summed E-state index contributed by atoms with van der Waals surface area (Å²) >= 11 is 0. The fourth-order valence-corrected chi connectivity index (χ4v) is 2.74. The molecule has 0 N–H and O–H groups in total. The Hall–Kier alpha value is -3.30. The Morgan fingerprint density at radius 3 is 1.00 bits per heavy atom. The highest BCUT2D eigenvalue weighted by Gasteiger charge is 2.37. The van der Waals surface area contributed by atoms with Gasteiger partial charge in [0.05, 0.1) is 11.1 Å². The number of aldehydes is 4. The smallest absolute Gasteiger partial charge is 0.298 e. The molecule has 0 aliphatic heterocycles. The Morgan fingerprint density at radius 1 is 0.500 bits per heavy atom. The van der Waals surface area contributed by atoms with Gasteiger partial charge in [0, 0.05) is 22.3 Å². The van der Waals surface area contributed by atoms with Crippen molar-refractivity contribution in [2.75, 3.05) is 0 Å². The lowest BCUT2D eigenvalue weighted by molar-refractivity contribution is -0.138. The monoisotopic (exact) mass is 402 g/mol. The molecule has 0 aliphatic carbocycles. The summed E-state index contributed by atoms with van der Waals surface area (Å²) in [5.74, 6) is 0. The van der Waals surface area contributed by atoms with Crippen LogP contribution in [-0.2, 0) is 12.4 Å². The average molecular weight is 402 g/mol. The number of halogens is 6. The maximum absolute atomic E-state index is 13.0. The number of alkyl halides is 6. The summed E-state index contributed by atoms with van der Waals surface area (Å²) < 4.78 is 78.2. The SMILES string of the molecule is O=Cc1c(-c2ccc(C(F)(F)F)c(C=O)c2C=O)ccc(C(F)(F)F)c1C=O. The van der Waals surface area contributed by atoms with Gasteiger partial charge < -0.3 is 0 Å². The maximum Gasteiger partial charge on any atom is 0.417 e. The van der Waals surface area contributed by atoms with Crippen molar-refractivity contribution in [3.8, 4) is 11.1 Å². The number of hydrogen-bond acceptors (Lipinski definition) is 4. The molecule has 2 aromatic rings. The molecular weight excluding hydrogens is 394 g/mol. The molecule has 0 aliphatic rings. The molecule has 0 heterocycles. The van der Waals surface area contributed by atoms with Crippen LogP contribution in [0.3, 0.4) is 0 Å². The van der Waals surface area contributed by atoms with Crippen LogP contribution in [0.15, 0.2) is 24.3 Å². The van der Waals surface area contributed by atoms with E-state index in [1.54, 1.807) is 0 Å². The molecule has 10 heteroatoms. The third kappa shape index (κ3) is 3.57. The van der Waals surface area contributed by atoms with Crippen LogP contribution in [0.4, 0.5) is 26.3 Å². The van der Waals surface area contributed by atoms with Crippen molar-refractivity contribution in [1.29, 1.82) is 0 Å². The van der Waals surface area contributed by atoms with Crippen LogP contribution in [-0.4, -0.2) is 25.1 Å². The van der Waals surface area contributed by atoms with E-state index in [1.807, 2.05) is 0 Å². The van der Waals surface area contributed by atoms with Crippen LogP contribution in [0.1, 0.15) is 52.6 Å². The number of carbonyl (C=O) groups is 4. The lowest BCUT2D eigenvalue weighted by atomic mass is 9.87. The summed E-state index contributed by atoms with van der Waals surface area (Å²) in [5.41, 5.74) is -7.28. The van der Waals surface area contributed by atoms with Gasteiger partial charge in [0.1, 0.15) is 0 Å². The van der Waals surface area contributed by atoms with E-state index in [0.29, 0.717) is 12.1 Å². The summed E-state index contributed by atoms with van der Waals surface area (Å²) in [4.78, 5) is 45.1. The van der Waals surface area contributed by atoms with E-state index in [9.17, 15) is 45.5 Å².